The van der Waals surface area contributed by atoms with E-state index < -0.39 is 0 Å². The Kier molecular flexibility index (Phi) is 6.03. The minimum absolute atomic E-state index is 0.134. The third-order valence-electron chi connectivity index (χ3n) is 4.25. The lowest BCUT2D eigenvalue weighted by molar-refractivity contribution is -0.00111. The van der Waals surface area contributed by atoms with Crippen LogP contribution in [0.5, 0.6) is 5.75 Å². The van der Waals surface area contributed by atoms with Crippen LogP contribution >= 0.6 is 0 Å². The highest BCUT2D eigenvalue weighted by molar-refractivity contribution is 5.37. The Morgan fingerprint density at radius 3 is 2.81 bits per heavy atom. The maximum absolute atomic E-state index is 5.91. The van der Waals surface area contributed by atoms with Crippen LogP contribution < -0.4 is 16.0 Å². The summed E-state index contributed by atoms with van der Waals surface area (Å²) in [6.45, 7) is 7.89. The average molecular weight is 292 g/mol. The van der Waals surface area contributed by atoms with Crippen LogP contribution in [0.4, 0.5) is 0 Å². The summed E-state index contributed by atoms with van der Waals surface area (Å²) in [7, 11) is 0. The maximum atomic E-state index is 5.91. The van der Waals surface area contributed by atoms with Crippen LogP contribution in [0.25, 0.3) is 0 Å². The molecule has 3 N–H and O–H groups in total. The van der Waals surface area contributed by atoms with Crippen LogP contribution in [-0.4, -0.2) is 25.4 Å². The Hall–Kier alpha value is -1.10. The molecule has 1 heterocycles. The molecular weight excluding hydrogens is 264 g/mol. The van der Waals surface area contributed by atoms with E-state index in [1.165, 1.54) is 5.56 Å². The number of benzene rings is 1. The van der Waals surface area contributed by atoms with E-state index in [1.54, 1.807) is 0 Å². The molecule has 0 aromatic heterocycles. The largest absolute Gasteiger partial charge is 0.493 e. The Morgan fingerprint density at radius 1 is 1.38 bits per heavy atom. The van der Waals surface area contributed by atoms with Crippen LogP contribution in [-0.2, 0) is 4.74 Å². The van der Waals surface area contributed by atoms with Crippen molar-refractivity contribution in [3.05, 3.63) is 29.8 Å². The molecular formula is C17H28N2O2. The van der Waals surface area contributed by atoms with Crippen molar-refractivity contribution in [2.24, 2.45) is 11.8 Å². The fraction of sp³-hybridized carbons (Fsp3) is 0.647. The molecule has 1 aromatic carbocycles. The number of para-hydroxylation sites is 1. The number of nitrogens with two attached hydrogens (primary N) is 1. The molecule has 0 fully saturated rings. The van der Waals surface area contributed by atoms with Gasteiger partial charge >= 0.3 is 0 Å². The Balaban J connectivity index is 2.12. The molecule has 118 valence electrons. The molecule has 0 saturated heterocycles. The third-order valence-corrected chi connectivity index (χ3v) is 4.25. The molecule has 0 aliphatic carbocycles. The molecule has 3 atom stereocenters. The van der Waals surface area contributed by atoms with Gasteiger partial charge in [-0.05, 0) is 43.2 Å². The molecule has 3 unspecified atom stereocenters. The van der Waals surface area contributed by atoms with E-state index in [0.717, 1.165) is 25.2 Å². The fourth-order valence-electron chi connectivity index (χ4n) is 3.23. The number of rotatable bonds is 7. The molecule has 4 nitrogen and oxygen atoms in total. The Bertz CT molecular complexity index is 437. The number of hydrazine groups is 1. The van der Waals surface area contributed by atoms with Gasteiger partial charge in [0.1, 0.15) is 5.75 Å². The quantitative estimate of drug-likeness (QED) is 0.599. The number of ether oxygens (including phenoxy) is 2. The fourth-order valence-corrected chi connectivity index (χ4v) is 3.23. The first-order chi connectivity index (χ1) is 10.2. The summed E-state index contributed by atoms with van der Waals surface area (Å²) in [5.41, 5.74) is 4.28. The summed E-state index contributed by atoms with van der Waals surface area (Å²) in [6, 6.07) is 8.47. The molecule has 21 heavy (non-hydrogen) atoms. The molecule has 1 aliphatic heterocycles. The highest BCUT2D eigenvalue weighted by Crippen LogP contribution is 2.37. The minimum Gasteiger partial charge on any atom is -0.493 e. The van der Waals surface area contributed by atoms with Crippen molar-refractivity contribution in [1.82, 2.24) is 5.43 Å². The molecule has 0 spiro atoms. The van der Waals surface area contributed by atoms with Crippen molar-refractivity contribution in [2.75, 3.05) is 13.2 Å². The molecule has 0 bridgehead atoms. The van der Waals surface area contributed by atoms with Crippen LogP contribution in [0.1, 0.15) is 45.1 Å². The number of hydrogen-bond donors (Lipinski definition) is 2. The van der Waals surface area contributed by atoms with Gasteiger partial charge in [0.2, 0.25) is 0 Å². The summed E-state index contributed by atoms with van der Waals surface area (Å²) >= 11 is 0. The van der Waals surface area contributed by atoms with Gasteiger partial charge in [0.25, 0.3) is 0 Å². The predicted octanol–water partition coefficient (Wildman–Crippen LogP) is 2.84. The number of fused-ring (bicyclic) bond motifs is 1. The zero-order valence-corrected chi connectivity index (χ0v) is 13.3. The lowest BCUT2D eigenvalue weighted by Gasteiger charge is -2.34. The molecule has 4 heteroatoms. The van der Waals surface area contributed by atoms with Gasteiger partial charge in [-0.2, -0.15) is 0 Å². The summed E-state index contributed by atoms with van der Waals surface area (Å²) in [5.74, 6) is 7.74. The lowest BCUT2D eigenvalue weighted by Crippen LogP contribution is -2.48. The maximum Gasteiger partial charge on any atom is 0.122 e. The summed E-state index contributed by atoms with van der Waals surface area (Å²) < 4.78 is 11.7. The predicted molar refractivity (Wildman–Crippen MR) is 85.3 cm³/mol. The van der Waals surface area contributed by atoms with E-state index in [0.29, 0.717) is 18.4 Å². The van der Waals surface area contributed by atoms with Gasteiger partial charge in [0.05, 0.1) is 12.7 Å². The topological polar surface area (TPSA) is 56.5 Å². The van der Waals surface area contributed by atoms with E-state index in [4.69, 9.17) is 15.3 Å². The van der Waals surface area contributed by atoms with E-state index in [-0.39, 0.29) is 12.1 Å². The molecule has 1 aromatic rings. The second-order valence-electron chi connectivity index (χ2n) is 6.04. The van der Waals surface area contributed by atoms with Gasteiger partial charge in [-0.3, -0.25) is 11.3 Å². The highest BCUT2D eigenvalue weighted by Gasteiger charge is 2.30. The van der Waals surface area contributed by atoms with Gasteiger partial charge in [0.15, 0.2) is 0 Å². The highest BCUT2D eigenvalue weighted by atomic mass is 16.5. The SMILES string of the molecule is CCOC(C(C)C)C(CC1CCOc2ccccc21)NN. The molecule has 2 rings (SSSR count). The summed E-state index contributed by atoms with van der Waals surface area (Å²) in [6.07, 6.45) is 2.14. The van der Waals surface area contributed by atoms with Crippen LogP contribution in [0.15, 0.2) is 24.3 Å². The Morgan fingerprint density at radius 2 is 2.14 bits per heavy atom. The molecule has 0 amide bonds. The van der Waals surface area contributed by atoms with E-state index in [9.17, 15) is 0 Å². The van der Waals surface area contributed by atoms with Gasteiger partial charge < -0.3 is 9.47 Å². The van der Waals surface area contributed by atoms with Crippen molar-refractivity contribution in [2.45, 2.75) is 51.7 Å². The summed E-state index contributed by atoms with van der Waals surface area (Å²) in [4.78, 5) is 0. The number of hydrogen-bond acceptors (Lipinski definition) is 4. The molecule has 0 radical (unpaired) electrons. The van der Waals surface area contributed by atoms with Gasteiger partial charge in [-0.1, -0.05) is 32.0 Å². The van der Waals surface area contributed by atoms with Crippen molar-refractivity contribution < 1.29 is 9.47 Å². The van der Waals surface area contributed by atoms with Crippen molar-refractivity contribution in [1.29, 1.82) is 0 Å². The first-order valence-electron chi connectivity index (χ1n) is 7.96. The van der Waals surface area contributed by atoms with E-state index in [1.807, 2.05) is 13.0 Å². The second-order valence-corrected chi connectivity index (χ2v) is 6.04. The third kappa shape index (κ3) is 3.96. The first kappa shape index (κ1) is 16.3. The van der Waals surface area contributed by atoms with Gasteiger partial charge in [-0.25, -0.2) is 0 Å². The van der Waals surface area contributed by atoms with E-state index >= 15 is 0 Å². The van der Waals surface area contributed by atoms with Gasteiger partial charge in [-0.15, -0.1) is 0 Å². The smallest absolute Gasteiger partial charge is 0.122 e. The van der Waals surface area contributed by atoms with Crippen molar-refractivity contribution >= 4 is 0 Å². The molecule has 0 saturated carbocycles. The molecule has 1 aliphatic rings. The van der Waals surface area contributed by atoms with Crippen molar-refractivity contribution in [3.8, 4) is 5.75 Å². The van der Waals surface area contributed by atoms with Gasteiger partial charge in [0, 0.05) is 12.6 Å². The second kappa shape index (κ2) is 7.78. The first-order valence-corrected chi connectivity index (χ1v) is 7.96. The van der Waals surface area contributed by atoms with Crippen LogP contribution in [0.3, 0.4) is 0 Å². The van der Waals surface area contributed by atoms with E-state index in [2.05, 4.69) is 37.5 Å². The summed E-state index contributed by atoms with van der Waals surface area (Å²) in [5, 5.41) is 0. The monoisotopic (exact) mass is 292 g/mol. The standard InChI is InChI=1S/C17H28N2O2/c1-4-20-17(12(2)3)15(19-18)11-13-9-10-21-16-8-6-5-7-14(13)16/h5-8,12-13,15,17,19H,4,9-11,18H2,1-3H3. The lowest BCUT2D eigenvalue weighted by atomic mass is 9.84. The van der Waals surface area contributed by atoms with Crippen molar-refractivity contribution in [3.63, 3.8) is 0 Å². The van der Waals surface area contributed by atoms with Crippen LogP contribution in [0, 0.1) is 5.92 Å². The average Bonchev–Trinajstić information content (AvgIpc) is 2.50. The zero-order valence-electron chi connectivity index (χ0n) is 13.3. The van der Waals surface area contributed by atoms with Crippen LogP contribution in [0.2, 0.25) is 0 Å². The Labute approximate surface area is 128 Å². The zero-order chi connectivity index (χ0) is 15.2. The minimum atomic E-state index is 0.134. The number of nitrogens with one attached hydrogen (secondary N) is 1. The normalized spacial score (nSPS) is 20.7.